The maximum atomic E-state index is 13.0. The van der Waals surface area contributed by atoms with Crippen LogP contribution in [0.5, 0.6) is 5.75 Å². The molecule has 2 amide bonds. The predicted octanol–water partition coefficient (Wildman–Crippen LogP) is 5.36. The first kappa shape index (κ1) is 25.9. The first-order chi connectivity index (χ1) is 19.1. The fraction of sp³-hybridized carbons (Fsp3) is 0.516. The minimum Gasteiger partial charge on any atom is -0.493 e. The zero-order valence-corrected chi connectivity index (χ0v) is 23.0. The number of anilines is 2. The third-order valence-corrected chi connectivity index (χ3v) is 8.72. The monoisotopic (exact) mass is 528 g/mol. The second-order valence-electron chi connectivity index (χ2n) is 11.4. The highest BCUT2D eigenvalue weighted by molar-refractivity contribution is 5.89. The Balaban J connectivity index is 1.03. The summed E-state index contributed by atoms with van der Waals surface area (Å²) in [6.45, 7) is 6.73. The van der Waals surface area contributed by atoms with Crippen LogP contribution < -0.4 is 15.0 Å². The zero-order chi connectivity index (χ0) is 26.6. The average molecular weight is 529 g/mol. The van der Waals surface area contributed by atoms with Gasteiger partial charge >= 0.3 is 6.03 Å². The molecule has 0 unspecified atom stereocenters. The number of likely N-dealkylation sites (tertiary alicyclic amines) is 2. The van der Waals surface area contributed by atoms with Crippen LogP contribution in [0.25, 0.3) is 10.9 Å². The van der Waals surface area contributed by atoms with Gasteiger partial charge in [0.25, 0.3) is 0 Å². The van der Waals surface area contributed by atoms with Gasteiger partial charge in [-0.1, -0.05) is 0 Å². The van der Waals surface area contributed by atoms with Gasteiger partial charge in [-0.2, -0.15) is 0 Å². The number of nitrogens with zero attached hydrogens (tertiary/aromatic N) is 5. The SMILES string of the molecule is CN1CCC(COc2ccc3c(C4CCN(C(=O)Nc5ccc(N6CCCC6)cc5)CC4)ncnc3c2)CC1. The Labute approximate surface area is 231 Å². The molecular weight excluding hydrogens is 488 g/mol. The van der Waals surface area contributed by atoms with Crippen molar-refractivity contribution in [2.75, 3.05) is 63.1 Å². The molecule has 6 rings (SSSR count). The molecule has 39 heavy (non-hydrogen) atoms. The van der Waals surface area contributed by atoms with Crippen molar-refractivity contribution in [3.63, 3.8) is 0 Å². The number of amides is 2. The summed E-state index contributed by atoms with van der Waals surface area (Å²) in [4.78, 5) is 28.9. The molecule has 4 heterocycles. The first-order valence-electron chi connectivity index (χ1n) is 14.6. The molecule has 0 aliphatic carbocycles. The Bertz CT molecular complexity index is 1260. The maximum Gasteiger partial charge on any atom is 0.321 e. The fourth-order valence-electron chi connectivity index (χ4n) is 6.21. The number of carbonyl (C=O) groups excluding carboxylic acids is 1. The molecule has 3 aliphatic heterocycles. The molecule has 0 radical (unpaired) electrons. The largest absolute Gasteiger partial charge is 0.493 e. The normalized spacial score (nSPS) is 19.5. The number of hydrogen-bond donors (Lipinski definition) is 1. The highest BCUT2D eigenvalue weighted by Gasteiger charge is 2.26. The minimum absolute atomic E-state index is 0.0266. The van der Waals surface area contributed by atoms with Crippen molar-refractivity contribution in [1.82, 2.24) is 19.8 Å². The van der Waals surface area contributed by atoms with Gasteiger partial charge in [0.2, 0.25) is 0 Å². The quantitative estimate of drug-likeness (QED) is 0.464. The summed E-state index contributed by atoms with van der Waals surface area (Å²) < 4.78 is 6.16. The van der Waals surface area contributed by atoms with Crippen molar-refractivity contribution in [1.29, 1.82) is 0 Å². The third kappa shape index (κ3) is 6.11. The number of urea groups is 1. The number of carbonyl (C=O) groups is 1. The number of ether oxygens (including phenoxy) is 1. The molecule has 8 heteroatoms. The number of fused-ring (bicyclic) bond motifs is 1. The zero-order valence-electron chi connectivity index (χ0n) is 23.0. The standard InChI is InChI=1S/C31H40N6O2/c1-35-16-10-23(11-17-35)21-39-27-8-9-28-29(20-27)32-22-33-30(28)24-12-18-37(19-13-24)31(38)34-25-4-6-26(7-5-25)36-14-2-3-15-36/h4-9,20,22-24H,2-3,10-19,21H2,1H3,(H,34,38). The highest BCUT2D eigenvalue weighted by Crippen LogP contribution is 2.33. The number of nitrogens with one attached hydrogen (secondary N) is 1. The molecule has 1 aromatic heterocycles. The van der Waals surface area contributed by atoms with Crippen LogP contribution in [-0.2, 0) is 0 Å². The molecule has 206 valence electrons. The van der Waals surface area contributed by atoms with Gasteiger partial charge in [0.1, 0.15) is 12.1 Å². The van der Waals surface area contributed by atoms with E-state index in [-0.39, 0.29) is 6.03 Å². The summed E-state index contributed by atoms with van der Waals surface area (Å²) in [5.74, 6) is 1.81. The molecule has 0 atom stereocenters. The highest BCUT2D eigenvalue weighted by atomic mass is 16.5. The maximum absolute atomic E-state index is 13.0. The second-order valence-corrected chi connectivity index (χ2v) is 11.4. The molecule has 3 aromatic rings. The lowest BCUT2D eigenvalue weighted by Gasteiger charge is -2.32. The smallest absolute Gasteiger partial charge is 0.321 e. The molecule has 3 saturated heterocycles. The summed E-state index contributed by atoms with van der Waals surface area (Å²) in [6, 6.07) is 14.4. The molecular formula is C31H40N6O2. The van der Waals surface area contributed by atoms with Gasteiger partial charge in [-0.3, -0.25) is 0 Å². The van der Waals surface area contributed by atoms with Crippen LogP contribution in [-0.4, -0.2) is 78.7 Å². The molecule has 1 N–H and O–H groups in total. The van der Waals surface area contributed by atoms with Crippen LogP contribution in [0, 0.1) is 5.92 Å². The van der Waals surface area contributed by atoms with E-state index in [4.69, 9.17) is 4.74 Å². The molecule has 0 spiro atoms. The minimum atomic E-state index is -0.0266. The lowest BCUT2D eigenvalue weighted by molar-refractivity contribution is 0.160. The average Bonchev–Trinajstić information content (AvgIpc) is 3.52. The van der Waals surface area contributed by atoms with E-state index in [1.165, 1.54) is 31.4 Å². The molecule has 3 fully saturated rings. The van der Waals surface area contributed by atoms with Gasteiger partial charge < -0.3 is 24.8 Å². The van der Waals surface area contributed by atoms with E-state index in [1.54, 1.807) is 6.33 Å². The van der Waals surface area contributed by atoms with Crippen LogP contribution in [0.15, 0.2) is 48.8 Å². The molecule has 0 bridgehead atoms. The van der Waals surface area contributed by atoms with E-state index >= 15 is 0 Å². The predicted molar refractivity (Wildman–Crippen MR) is 156 cm³/mol. The number of rotatable bonds is 6. The Morgan fingerprint density at radius 2 is 1.67 bits per heavy atom. The van der Waals surface area contributed by atoms with Gasteiger partial charge in [-0.15, -0.1) is 0 Å². The summed E-state index contributed by atoms with van der Waals surface area (Å²) in [6.07, 6.45) is 8.35. The van der Waals surface area contributed by atoms with Crippen molar-refractivity contribution in [2.24, 2.45) is 5.92 Å². The summed E-state index contributed by atoms with van der Waals surface area (Å²) in [5.41, 5.74) is 4.10. The summed E-state index contributed by atoms with van der Waals surface area (Å²) >= 11 is 0. The summed E-state index contributed by atoms with van der Waals surface area (Å²) in [5, 5.41) is 4.17. The van der Waals surface area contributed by atoms with Gasteiger partial charge in [0, 0.05) is 54.9 Å². The van der Waals surface area contributed by atoms with E-state index in [0.29, 0.717) is 24.9 Å². The molecule has 2 aromatic carbocycles. The third-order valence-electron chi connectivity index (χ3n) is 8.72. The van der Waals surface area contributed by atoms with E-state index in [9.17, 15) is 4.79 Å². The van der Waals surface area contributed by atoms with Gasteiger partial charge in [0.05, 0.1) is 17.8 Å². The van der Waals surface area contributed by atoms with Crippen LogP contribution in [0.1, 0.15) is 50.1 Å². The topological polar surface area (TPSA) is 73.8 Å². The van der Waals surface area contributed by atoms with Crippen LogP contribution in [0.2, 0.25) is 0 Å². The number of piperidine rings is 2. The second kappa shape index (κ2) is 11.8. The van der Waals surface area contributed by atoms with Crippen LogP contribution in [0.3, 0.4) is 0 Å². The molecule has 3 aliphatic rings. The van der Waals surface area contributed by atoms with Gasteiger partial charge in [-0.05, 0) is 101 Å². The van der Waals surface area contributed by atoms with E-state index in [0.717, 1.165) is 73.7 Å². The van der Waals surface area contributed by atoms with E-state index < -0.39 is 0 Å². The fourth-order valence-corrected chi connectivity index (χ4v) is 6.21. The van der Waals surface area contributed by atoms with E-state index in [2.05, 4.69) is 56.4 Å². The first-order valence-corrected chi connectivity index (χ1v) is 14.6. The number of hydrogen-bond acceptors (Lipinski definition) is 6. The van der Waals surface area contributed by atoms with Crippen molar-refractivity contribution in [3.05, 3.63) is 54.5 Å². The molecule has 8 nitrogen and oxygen atoms in total. The Kier molecular flexibility index (Phi) is 7.81. The van der Waals surface area contributed by atoms with Crippen molar-refractivity contribution < 1.29 is 9.53 Å². The Morgan fingerprint density at radius 3 is 2.41 bits per heavy atom. The van der Waals surface area contributed by atoms with Gasteiger partial charge in [-0.25, -0.2) is 14.8 Å². The van der Waals surface area contributed by atoms with Crippen molar-refractivity contribution in [3.8, 4) is 5.75 Å². The Morgan fingerprint density at radius 1 is 0.923 bits per heavy atom. The lowest BCUT2D eigenvalue weighted by Crippen LogP contribution is -2.40. The molecule has 0 saturated carbocycles. The summed E-state index contributed by atoms with van der Waals surface area (Å²) in [7, 11) is 2.19. The van der Waals surface area contributed by atoms with Crippen LogP contribution in [0.4, 0.5) is 16.2 Å². The lowest BCUT2D eigenvalue weighted by atomic mass is 9.91. The number of aromatic nitrogens is 2. The Hall–Kier alpha value is -3.39. The van der Waals surface area contributed by atoms with E-state index in [1.807, 2.05) is 23.1 Å². The van der Waals surface area contributed by atoms with Crippen molar-refractivity contribution in [2.45, 2.75) is 44.4 Å². The van der Waals surface area contributed by atoms with Gasteiger partial charge in [0.15, 0.2) is 0 Å². The number of benzene rings is 2. The van der Waals surface area contributed by atoms with Crippen molar-refractivity contribution >= 4 is 28.3 Å². The van der Waals surface area contributed by atoms with Crippen LogP contribution >= 0.6 is 0 Å².